The van der Waals surface area contributed by atoms with Crippen LogP contribution < -0.4 is 5.32 Å². The first-order chi connectivity index (χ1) is 7.72. The third-order valence-electron chi connectivity index (χ3n) is 2.52. The van der Waals surface area contributed by atoms with Crippen molar-refractivity contribution in [2.75, 3.05) is 5.32 Å². The molecule has 0 unspecified atom stereocenters. The van der Waals surface area contributed by atoms with E-state index in [4.69, 9.17) is 24.8 Å². The number of anilines is 1. The maximum Gasteiger partial charge on any atom is 0.0371 e. The molecular weight excluding hydrogens is 330 g/mol. The van der Waals surface area contributed by atoms with Crippen LogP contribution in [0.1, 0.15) is 38.2 Å². The molecule has 1 aromatic rings. The molecule has 0 amide bonds. The average Bonchev–Trinajstić information content (AvgIpc) is 2.26. The summed E-state index contributed by atoms with van der Waals surface area (Å²) in [6.07, 6.45) is 6.40. The Morgan fingerprint density at radius 3 is 2.35 bits per heavy atom. The van der Waals surface area contributed by atoms with Crippen molar-refractivity contribution in [1.29, 1.82) is 0 Å². The second kappa shape index (κ2) is 9.99. The summed E-state index contributed by atoms with van der Waals surface area (Å²) in [6, 6.07) is 8.35. The monoisotopic (exact) mass is 350 g/mol. The van der Waals surface area contributed by atoms with E-state index in [1.165, 1.54) is 37.7 Å². The molecule has 94 valence electrons. The Balaban J connectivity index is 0.00000256. The molecule has 0 aliphatic carbocycles. The largest absolute Gasteiger partial charge is 0.411 e. The van der Waals surface area contributed by atoms with E-state index in [1.807, 2.05) is 12.1 Å². The summed E-state index contributed by atoms with van der Waals surface area (Å²) < 4.78 is 0.399. The van der Waals surface area contributed by atoms with Crippen LogP contribution >= 0.6 is 12.2 Å². The van der Waals surface area contributed by atoms with Crippen LogP contribution in [-0.2, 0) is 40.1 Å². The van der Waals surface area contributed by atoms with Crippen LogP contribution in [0.5, 0.6) is 0 Å². The van der Waals surface area contributed by atoms with Gasteiger partial charge in [0, 0.05) is 26.8 Å². The van der Waals surface area contributed by atoms with E-state index in [1.54, 1.807) is 0 Å². The first-order valence-electron chi connectivity index (χ1n) is 5.79. The number of hydrogen-bond donors (Lipinski definition) is 1. The van der Waals surface area contributed by atoms with Gasteiger partial charge in [-0.05, 0) is 30.5 Å². The van der Waals surface area contributed by atoms with Crippen LogP contribution in [-0.4, -0.2) is 4.32 Å². The molecular formula is C13H18MoNS2-. The summed E-state index contributed by atoms with van der Waals surface area (Å²) in [6.45, 7) is 2.23. The Hall–Kier alpha value is 0.0183. The van der Waals surface area contributed by atoms with Crippen LogP contribution in [0.15, 0.2) is 24.3 Å². The molecule has 0 aromatic heterocycles. The normalized spacial score (nSPS) is 9.47. The van der Waals surface area contributed by atoms with Gasteiger partial charge in [0.1, 0.15) is 0 Å². The molecule has 17 heavy (non-hydrogen) atoms. The number of thiocarbonyl (C=S) groups is 1. The summed E-state index contributed by atoms with van der Waals surface area (Å²) in [5, 5.41) is 2.95. The van der Waals surface area contributed by atoms with Gasteiger partial charge in [0.15, 0.2) is 0 Å². The fraction of sp³-hybridized carbons (Fsp3) is 0.462. The first-order valence-corrected chi connectivity index (χ1v) is 6.61. The SMILES string of the molecule is CCCCCCc1ccc(NC(=S)[S-])cc1.[Mo]. The van der Waals surface area contributed by atoms with Crippen LogP contribution in [0.25, 0.3) is 0 Å². The smallest absolute Gasteiger partial charge is 0.0371 e. The topological polar surface area (TPSA) is 12.0 Å². The molecule has 1 rings (SSSR count). The maximum absolute atomic E-state index is 4.81. The van der Waals surface area contributed by atoms with E-state index < -0.39 is 0 Å². The minimum atomic E-state index is 0. The van der Waals surface area contributed by atoms with Crippen molar-refractivity contribution in [1.82, 2.24) is 0 Å². The fourth-order valence-electron chi connectivity index (χ4n) is 1.63. The van der Waals surface area contributed by atoms with E-state index in [0.717, 1.165) is 5.69 Å². The van der Waals surface area contributed by atoms with Crippen LogP contribution in [0.3, 0.4) is 0 Å². The second-order valence-corrected chi connectivity index (χ2v) is 4.99. The zero-order chi connectivity index (χ0) is 11.8. The molecule has 4 heteroatoms. The van der Waals surface area contributed by atoms with Crippen LogP contribution in [0.2, 0.25) is 0 Å². The maximum atomic E-state index is 4.81. The number of hydrogen-bond acceptors (Lipinski definition) is 2. The van der Waals surface area contributed by atoms with Crippen LogP contribution in [0, 0.1) is 0 Å². The Morgan fingerprint density at radius 2 is 1.82 bits per heavy atom. The van der Waals surface area contributed by atoms with Gasteiger partial charge in [0.05, 0.1) is 0 Å². The number of rotatable bonds is 6. The van der Waals surface area contributed by atoms with E-state index in [2.05, 4.69) is 24.4 Å². The predicted octanol–water partition coefficient (Wildman–Crippen LogP) is 4.05. The molecule has 0 saturated heterocycles. The molecule has 0 radical (unpaired) electrons. The van der Waals surface area contributed by atoms with Crippen molar-refractivity contribution in [3.63, 3.8) is 0 Å². The molecule has 1 N–H and O–H groups in total. The molecule has 0 saturated carbocycles. The zero-order valence-corrected chi connectivity index (χ0v) is 13.7. The number of aryl methyl sites for hydroxylation is 1. The van der Waals surface area contributed by atoms with E-state index in [9.17, 15) is 0 Å². The van der Waals surface area contributed by atoms with Crippen molar-refractivity contribution in [2.24, 2.45) is 0 Å². The standard InChI is InChI=1S/C13H19NS2.Mo/c1-2-3-4-5-6-11-7-9-12(10-8-11)14-13(15)16;/h7-10H,2-6H2,1H3,(H2,14,15,16);/p-1. The quantitative estimate of drug-likeness (QED) is 0.361. The Kier molecular flexibility index (Phi) is 10.00. The Bertz CT molecular complexity index is 325. The summed E-state index contributed by atoms with van der Waals surface area (Å²) >= 11 is 9.63. The van der Waals surface area contributed by atoms with Crippen molar-refractivity contribution in [2.45, 2.75) is 39.0 Å². The number of nitrogens with one attached hydrogen (secondary N) is 1. The number of unbranched alkanes of at least 4 members (excludes halogenated alkanes) is 3. The van der Waals surface area contributed by atoms with Crippen molar-refractivity contribution >= 4 is 34.9 Å². The van der Waals surface area contributed by atoms with Gasteiger partial charge in [0.25, 0.3) is 0 Å². The molecule has 1 aromatic carbocycles. The molecule has 0 aliphatic rings. The first kappa shape index (κ1) is 17.0. The number of benzene rings is 1. The molecule has 0 heterocycles. The zero-order valence-electron chi connectivity index (χ0n) is 10.1. The van der Waals surface area contributed by atoms with Crippen molar-refractivity contribution < 1.29 is 21.1 Å². The second-order valence-electron chi connectivity index (χ2n) is 3.92. The van der Waals surface area contributed by atoms with Crippen molar-refractivity contribution in [3.05, 3.63) is 29.8 Å². The van der Waals surface area contributed by atoms with Gasteiger partial charge in [0.2, 0.25) is 0 Å². The third-order valence-corrected chi connectivity index (χ3v) is 2.72. The van der Waals surface area contributed by atoms with Crippen LogP contribution in [0.4, 0.5) is 5.69 Å². The molecule has 0 aliphatic heterocycles. The summed E-state index contributed by atoms with van der Waals surface area (Å²) in [5.41, 5.74) is 2.37. The minimum Gasteiger partial charge on any atom is -0.411 e. The Morgan fingerprint density at radius 1 is 1.18 bits per heavy atom. The van der Waals surface area contributed by atoms with Gasteiger partial charge >= 0.3 is 0 Å². The van der Waals surface area contributed by atoms with Gasteiger partial charge in [-0.15, -0.1) is 0 Å². The van der Waals surface area contributed by atoms with Gasteiger partial charge < -0.3 is 30.2 Å². The van der Waals surface area contributed by atoms with E-state index in [-0.39, 0.29) is 21.1 Å². The van der Waals surface area contributed by atoms with E-state index in [0.29, 0.717) is 4.32 Å². The summed E-state index contributed by atoms with van der Waals surface area (Å²) in [5.74, 6) is 0. The molecule has 0 fully saturated rings. The van der Waals surface area contributed by atoms with Gasteiger partial charge in [-0.2, -0.15) is 0 Å². The summed E-state index contributed by atoms with van der Waals surface area (Å²) in [7, 11) is 0. The van der Waals surface area contributed by atoms with Gasteiger partial charge in [-0.1, -0.05) is 42.6 Å². The van der Waals surface area contributed by atoms with Crippen molar-refractivity contribution in [3.8, 4) is 0 Å². The Labute approximate surface area is 129 Å². The predicted molar refractivity (Wildman–Crippen MR) is 77.9 cm³/mol. The fourth-order valence-corrected chi connectivity index (χ4v) is 1.86. The third kappa shape index (κ3) is 7.86. The minimum absolute atomic E-state index is 0. The molecule has 0 atom stereocenters. The van der Waals surface area contributed by atoms with Gasteiger partial charge in [-0.3, -0.25) is 0 Å². The molecule has 1 nitrogen and oxygen atoms in total. The molecule has 0 spiro atoms. The molecule has 0 bridgehead atoms. The average molecular weight is 348 g/mol. The van der Waals surface area contributed by atoms with Gasteiger partial charge in [-0.25, -0.2) is 0 Å². The summed E-state index contributed by atoms with van der Waals surface area (Å²) in [4.78, 5) is 0. The van der Waals surface area contributed by atoms with E-state index >= 15 is 0 Å².